The molecule has 0 aliphatic carbocycles. The van der Waals surface area contributed by atoms with Gasteiger partial charge in [-0.05, 0) is 32.6 Å². The summed E-state index contributed by atoms with van der Waals surface area (Å²) in [5.41, 5.74) is 0.227. The highest BCUT2D eigenvalue weighted by atomic mass is 16.6. The standard InChI is InChI=1S/C14H21N3O4/c1-4-7-16(9-8-15(2)3)12-6-5-11(14(18)19)10-13(12)17(20)21/h5-6,10H,4,7-9H2,1-3H3,(H,18,19). The summed E-state index contributed by atoms with van der Waals surface area (Å²) in [7, 11) is 3.87. The summed E-state index contributed by atoms with van der Waals surface area (Å²) in [4.78, 5) is 25.6. The Morgan fingerprint density at radius 3 is 2.43 bits per heavy atom. The van der Waals surface area contributed by atoms with E-state index in [4.69, 9.17) is 5.11 Å². The van der Waals surface area contributed by atoms with Gasteiger partial charge in [-0.15, -0.1) is 0 Å². The maximum atomic E-state index is 11.2. The number of carboxylic acids is 1. The molecule has 0 saturated heterocycles. The number of carboxylic acid groups (broad SMARTS) is 1. The molecule has 21 heavy (non-hydrogen) atoms. The zero-order chi connectivity index (χ0) is 16.0. The van der Waals surface area contributed by atoms with Gasteiger partial charge in [0.05, 0.1) is 10.5 Å². The van der Waals surface area contributed by atoms with Crippen LogP contribution in [-0.2, 0) is 0 Å². The Hall–Kier alpha value is -2.15. The van der Waals surface area contributed by atoms with Crippen molar-refractivity contribution in [3.63, 3.8) is 0 Å². The number of aromatic carboxylic acids is 1. The molecule has 0 unspecified atom stereocenters. The third-order valence-electron chi connectivity index (χ3n) is 3.07. The van der Waals surface area contributed by atoms with Crippen LogP contribution in [0.2, 0.25) is 0 Å². The van der Waals surface area contributed by atoms with E-state index in [1.165, 1.54) is 12.1 Å². The first kappa shape index (κ1) is 16.9. The van der Waals surface area contributed by atoms with Gasteiger partial charge >= 0.3 is 5.97 Å². The SMILES string of the molecule is CCCN(CCN(C)C)c1ccc(C(=O)O)cc1[N+](=O)[O-]. The Balaban J connectivity index is 3.16. The van der Waals surface area contributed by atoms with E-state index in [1.54, 1.807) is 0 Å². The summed E-state index contributed by atoms with van der Waals surface area (Å²) in [6, 6.07) is 4.05. The van der Waals surface area contributed by atoms with E-state index in [0.717, 1.165) is 19.0 Å². The van der Waals surface area contributed by atoms with Gasteiger partial charge in [-0.25, -0.2) is 4.79 Å². The highest BCUT2D eigenvalue weighted by Crippen LogP contribution is 2.29. The van der Waals surface area contributed by atoms with Crippen molar-refractivity contribution in [3.05, 3.63) is 33.9 Å². The molecule has 7 nitrogen and oxygen atoms in total. The molecule has 0 saturated carbocycles. The number of benzene rings is 1. The van der Waals surface area contributed by atoms with E-state index in [0.29, 0.717) is 18.8 Å². The van der Waals surface area contributed by atoms with Crippen LogP contribution in [0.5, 0.6) is 0 Å². The fourth-order valence-corrected chi connectivity index (χ4v) is 2.01. The molecular weight excluding hydrogens is 274 g/mol. The van der Waals surface area contributed by atoms with Crippen molar-refractivity contribution >= 4 is 17.3 Å². The minimum Gasteiger partial charge on any atom is -0.478 e. The van der Waals surface area contributed by atoms with Crippen molar-refractivity contribution < 1.29 is 14.8 Å². The molecule has 0 aromatic heterocycles. The molecule has 0 bridgehead atoms. The van der Waals surface area contributed by atoms with Crippen molar-refractivity contribution in [3.8, 4) is 0 Å². The maximum absolute atomic E-state index is 11.2. The fraction of sp³-hybridized carbons (Fsp3) is 0.500. The van der Waals surface area contributed by atoms with E-state index in [-0.39, 0.29) is 11.3 Å². The number of nitro benzene ring substituents is 1. The number of likely N-dealkylation sites (N-methyl/N-ethyl adjacent to an activating group) is 1. The number of nitrogens with zero attached hydrogens (tertiary/aromatic N) is 3. The van der Waals surface area contributed by atoms with Crippen LogP contribution in [0, 0.1) is 10.1 Å². The third-order valence-corrected chi connectivity index (χ3v) is 3.07. The largest absolute Gasteiger partial charge is 0.478 e. The van der Waals surface area contributed by atoms with Gasteiger partial charge in [0, 0.05) is 25.7 Å². The number of rotatable bonds is 8. The van der Waals surface area contributed by atoms with Crippen molar-refractivity contribution in [2.75, 3.05) is 38.6 Å². The monoisotopic (exact) mass is 295 g/mol. The zero-order valence-electron chi connectivity index (χ0n) is 12.6. The first-order chi connectivity index (χ1) is 9.86. The van der Waals surface area contributed by atoms with Gasteiger partial charge in [0.2, 0.25) is 0 Å². The second-order valence-corrected chi connectivity index (χ2v) is 5.06. The highest BCUT2D eigenvalue weighted by Gasteiger charge is 2.21. The molecule has 0 aliphatic heterocycles. The van der Waals surface area contributed by atoms with E-state index in [2.05, 4.69) is 0 Å². The first-order valence-electron chi connectivity index (χ1n) is 6.78. The summed E-state index contributed by atoms with van der Waals surface area (Å²) < 4.78 is 0. The summed E-state index contributed by atoms with van der Waals surface area (Å²) in [6.45, 7) is 4.09. The van der Waals surface area contributed by atoms with Crippen LogP contribution in [0.25, 0.3) is 0 Å². The average Bonchev–Trinajstić information content (AvgIpc) is 2.42. The minimum absolute atomic E-state index is 0.0745. The lowest BCUT2D eigenvalue weighted by Crippen LogP contribution is -2.32. The van der Waals surface area contributed by atoms with Crippen LogP contribution in [-0.4, -0.2) is 54.6 Å². The van der Waals surface area contributed by atoms with E-state index in [1.807, 2.05) is 30.8 Å². The molecule has 7 heteroatoms. The molecule has 0 fully saturated rings. The lowest BCUT2D eigenvalue weighted by Gasteiger charge is -2.25. The number of anilines is 1. The Labute approximate surface area is 123 Å². The number of hydrogen-bond acceptors (Lipinski definition) is 5. The van der Waals surface area contributed by atoms with Gasteiger partial charge in [0.25, 0.3) is 5.69 Å². The summed E-state index contributed by atoms with van der Waals surface area (Å²) in [5.74, 6) is -1.17. The number of nitro groups is 1. The lowest BCUT2D eigenvalue weighted by molar-refractivity contribution is -0.384. The van der Waals surface area contributed by atoms with Gasteiger partial charge in [0.15, 0.2) is 0 Å². The normalized spacial score (nSPS) is 10.7. The molecule has 1 aromatic carbocycles. The molecular formula is C14H21N3O4. The molecule has 0 heterocycles. The Bertz CT molecular complexity index is 517. The van der Waals surface area contributed by atoms with Crippen molar-refractivity contribution in [1.82, 2.24) is 4.90 Å². The molecule has 116 valence electrons. The quantitative estimate of drug-likeness (QED) is 0.583. The third kappa shape index (κ3) is 4.71. The Morgan fingerprint density at radius 2 is 1.95 bits per heavy atom. The molecule has 0 aliphatic rings. The van der Waals surface area contributed by atoms with Gasteiger partial charge in [-0.2, -0.15) is 0 Å². The topological polar surface area (TPSA) is 86.9 Å². The predicted octanol–water partition coefficient (Wildman–Crippen LogP) is 2.07. The van der Waals surface area contributed by atoms with Crippen molar-refractivity contribution in [1.29, 1.82) is 0 Å². The second kappa shape index (κ2) is 7.58. The van der Waals surface area contributed by atoms with Crippen LogP contribution < -0.4 is 4.90 Å². The molecule has 1 rings (SSSR count). The van der Waals surface area contributed by atoms with Gasteiger partial charge in [-0.1, -0.05) is 6.92 Å². The number of hydrogen-bond donors (Lipinski definition) is 1. The molecule has 0 radical (unpaired) electrons. The van der Waals surface area contributed by atoms with Crippen LogP contribution in [0.3, 0.4) is 0 Å². The summed E-state index contributed by atoms with van der Waals surface area (Å²) in [6.07, 6.45) is 0.852. The van der Waals surface area contributed by atoms with E-state index in [9.17, 15) is 14.9 Å². The van der Waals surface area contributed by atoms with Crippen LogP contribution in [0.1, 0.15) is 23.7 Å². The molecule has 1 N–H and O–H groups in total. The van der Waals surface area contributed by atoms with E-state index < -0.39 is 10.9 Å². The van der Waals surface area contributed by atoms with Gasteiger partial charge in [0.1, 0.15) is 5.69 Å². The molecule has 0 amide bonds. The maximum Gasteiger partial charge on any atom is 0.335 e. The fourth-order valence-electron chi connectivity index (χ4n) is 2.01. The molecule has 0 atom stereocenters. The highest BCUT2D eigenvalue weighted by molar-refractivity contribution is 5.89. The van der Waals surface area contributed by atoms with E-state index >= 15 is 0 Å². The Morgan fingerprint density at radius 1 is 1.29 bits per heavy atom. The predicted molar refractivity (Wildman–Crippen MR) is 81.1 cm³/mol. The van der Waals surface area contributed by atoms with Crippen LogP contribution >= 0.6 is 0 Å². The van der Waals surface area contributed by atoms with Crippen LogP contribution in [0.15, 0.2) is 18.2 Å². The van der Waals surface area contributed by atoms with Gasteiger partial charge in [-0.3, -0.25) is 10.1 Å². The van der Waals surface area contributed by atoms with Crippen molar-refractivity contribution in [2.45, 2.75) is 13.3 Å². The molecule has 1 aromatic rings. The average molecular weight is 295 g/mol. The first-order valence-corrected chi connectivity index (χ1v) is 6.78. The minimum atomic E-state index is -1.17. The zero-order valence-corrected chi connectivity index (χ0v) is 12.6. The van der Waals surface area contributed by atoms with Gasteiger partial charge < -0.3 is 14.9 Å². The number of carbonyl (C=O) groups is 1. The smallest absolute Gasteiger partial charge is 0.335 e. The van der Waals surface area contributed by atoms with Crippen LogP contribution in [0.4, 0.5) is 11.4 Å². The summed E-state index contributed by atoms with van der Waals surface area (Å²) in [5, 5.41) is 20.2. The lowest BCUT2D eigenvalue weighted by atomic mass is 10.1. The molecule has 0 spiro atoms. The Kier molecular flexibility index (Phi) is 6.10. The van der Waals surface area contributed by atoms with Crippen molar-refractivity contribution in [2.24, 2.45) is 0 Å². The summed E-state index contributed by atoms with van der Waals surface area (Å²) >= 11 is 0. The second-order valence-electron chi connectivity index (χ2n) is 5.06.